The van der Waals surface area contributed by atoms with Crippen molar-refractivity contribution in [3.63, 3.8) is 0 Å². The van der Waals surface area contributed by atoms with Crippen LogP contribution in [0.4, 0.5) is 5.82 Å². The number of carbonyl (C=O) groups is 2. The average Bonchev–Trinajstić information content (AvgIpc) is 2.88. The normalized spacial score (nSPS) is 10.7. The highest BCUT2D eigenvalue weighted by Crippen LogP contribution is 2.20. The number of aromatic nitrogens is 1. The second kappa shape index (κ2) is 6.12. The van der Waals surface area contributed by atoms with Crippen molar-refractivity contribution in [3.8, 4) is 0 Å². The van der Waals surface area contributed by atoms with E-state index in [1.54, 1.807) is 24.4 Å². The number of hydrogen-bond acceptors (Lipinski definition) is 4. The number of carboxylic acids is 1. The number of carboxylic acid groups (broad SMARTS) is 1. The van der Waals surface area contributed by atoms with E-state index in [0.717, 1.165) is 11.6 Å². The van der Waals surface area contributed by atoms with Crippen LogP contribution in [0.25, 0.3) is 6.08 Å². The van der Waals surface area contributed by atoms with Gasteiger partial charge < -0.3 is 10.4 Å². The standard InChI is InChI=1S/C14H12N2O3S/c1-9-3-2-8-15-13(9)16-14(19)11-6-4-10(20-11)5-7-12(17)18/h2-8H,1H3,(H,17,18)(H,15,16,19). The lowest BCUT2D eigenvalue weighted by atomic mass is 10.3. The first-order valence-electron chi connectivity index (χ1n) is 5.80. The molecule has 0 bridgehead atoms. The monoisotopic (exact) mass is 288 g/mol. The molecule has 0 saturated carbocycles. The number of aliphatic carboxylic acids is 1. The molecular formula is C14H12N2O3S. The minimum atomic E-state index is -1.02. The Morgan fingerprint density at radius 1 is 1.35 bits per heavy atom. The van der Waals surface area contributed by atoms with E-state index in [4.69, 9.17) is 5.11 Å². The molecule has 0 aliphatic rings. The number of amides is 1. The molecule has 5 nitrogen and oxygen atoms in total. The van der Waals surface area contributed by atoms with E-state index in [9.17, 15) is 9.59 Å². The average molecular weight is 288 g/mol. The minimum Gasteiger partial charge on any atom is -0.478 e. The molecule has 0 aliphatic carbocycles. The first kappa shape index (κ1) is 14.0. The highest BCUT2D eigenvalue weighted by molar-refractivity contribution is 7.15. The van der Waals surface area contributed by atoms with Gasteiger partial charge in [0.1, 0.15) is 5.82 Å². The molecule has 0 atom stereocenters. The Morgan fingerprint density at radius 2 is 2.15 bits per heavy atom. The predicted molar refractivity (Wildman–Crippen MR) is 77.9 cm³/mol. The van der Waals surface area contributed by atoms with Gasteiger partial charge in [0.05, 0.1) is 4.88 Å². The third-order valence-electron chi connectivity index (χ3n) is 2.48. The number of carbonyl (C=O) groups excluding carboxylic acids is 1. The SMILES string of the molecule is Cc1cccnc1NC(=O)c1ccc(C=CC(=O)O)s1. The first-order chi connectivity index (χ1) is 9.56. The van der Waals surface area contributed by atoms with Crippen molar-refractivity contribution in [2.24, 2.45) is 0 Å². The van der Waals surface area contributed by atoms with Gasteiger partial charge in [-0.1, -0.05) is 6.07 Å². The third-order valence-corrected chi connectivity index (χ3v) is 3.53. The summed E-state index contributed by atoms with van der Waals surface area (Å²) in [7, 11) is 0. The fourth-order valence-electron chi connectivity index (χ4n) is 1.50. The zero-order valence-electron chi connectivity index (χ0n) is 10.7. The van der Waals surface area contributed by atoms with Crippen molar-refractivity contribution >= 4 is 35.1 Å². The number of nitrogens with one attached hydrogen (secondary N) is 1. The molecule has 0 fully saturated rings. The van der Waals surface area contributed by atoms with Gasteiger partial charge >= 0.3 is 5.97 Å². The van der Waals surface area contributed by atoms with Gasteiger partial charge in [0.15, 0.2) is 0 Å². The summed E-state index contributed by atoms with van der Waals surface area (Å²) in [6, 6.07) is 7.01. The Kier molecular flexibility index (Phi) is 4.27. The van der Waals surface area contributed by atoms with E-state index in [0.29, 0.717) is 15.6 Å². The van der Waals surface area contributed by atoms with Crippen molar-refractivity contribution in [1.82, 2.24) is 4.98 Å². The summed E-state index contributed by atoms with van der Waals surface area (Å²) in [6.07, 6.45) is 4.10. The van der Waals surface area contributed by atoms with Crippen LogP contribution < -0.4 is 5.32 Å². The van der Waals surface area contributed by atoms with Gasteiger partial charge in [0, 0.05) is 17.2 Å². The van der Waals surface area contributed by atoms with Crippen LogP contribution in [0.5, 0.6) is 0 Å². The van der Waals surface area contributed by atoms with E-state index < -0.39 is 5.97 Å². The number of rotatable bonds is 4. The summed E-state index contributed by atoms with van der Waals surface area (Å²) in [4.78, 5) is 27.8. The van der Waals surface area contributed by atoms with Gasteiger partial charge in [-0.15, -0.1) is 11.3 Å². The van der Waals surface area contributed by atoms with Crippen LogP contribution in [0.15, 0.2) is 36.5 Å². The summed E-state index contributed by atoms with van der Waals surface area (Å²) < 4.78 is 0. The van der Waals surface area contributed by atoms with Crippen molar-refractivity contribution in [1.29, 1.82) is 0 Å². The molecule has 0 saturated heterocycles. The lowest BCUT2D eigenvalue weighted by molar-refractivity contribution is -0.131. The highest BCUT2D eigenvalue weighted by atomic mass is 32.1. The summed E-state index contributed by atoms with van der Waals surface area (Å²) in [5.41, 5.74) is 0.878. The second-order valence-electron chi connectivity index (χ2n) is 4.00. The molecule has 0 aliphatic heterocycles. The quantitative estimate of drug-likeness (QED) is 0.848. The Balaban J connectivity index is 2.10. The molecule has 0 spiro atoms. The zero-order chi connectivity index (χ0) is 14.5. The third kappa shape index (κ3) is 3.52. The van der Waals surface area contributed by atoms with Gasteiger partial charge in [-0.2, -0.15) is 0 Å². The Bertz CT molecular complexity index is 677. The van der Waals surface area contributed by atoms with Gasteiger partial charge in [0.2, 0.25) is 0 Å². The molecular weight excluding hydrogens is 276 g/mol. The lowest BCUT2D eigenvalue weighted by Gasteiger charge is -2.04. The summed E-state index contributed by atoms with van der Waals surface area (Å²) in [5.74, 6) is -0.756. The van der Waals surface area contributed by atoms with Crippen molar-refractivity contribution in [3.05, 3.63) is 51.9 Å². The van der Waals surface area contributed by atoms with Crippen LogP contribution in [-0.2, 0) is 4.79 Å². The number of thiophene rings is 1. The van der Waals surface area contributed by atoms with Crippen LogP contribution in [0.2, 0.25) is 0 Å². The molecule has 2 heterocycles. The van der Waals surface area contributed by atoms with E-state index in [1.165, 1.54) is 17.4 Å². The van der Waals surface area contributed by atoms with Crippen LogP contribution >= 0.6 is 11.3 Å². The van der Waals surface area contributed by atoms with Crippen LogP contribution in [-0.4, -0.2) is 22.0 Å². The second-order valence-corrected chi connectivity index (χ2v) is 5.11. The van der Waals surface area contributed by atoms with Gasteiger partial charge in [-0.05, 0) is 36.8 Å². The molecule has 2 N–H and O–H groups in total. The lowest BCUT2D eigenvalue weighted by Crippen LogP contribution is -2.12. The number of aryl methyl sites for hydroxylation is 1. The molecule has 6 heteroatoms. The van der Waals surface area contributed by atoms with Crippen molar-refractivity contribution in [2.75, 3.05) is 5.32 Å². The smallest absolute Gasteiger partial charge is 0.328 e. The fourth-order valence-corrected chi connectivity index (χ4v) is 2.31. The van der Waals surface area contributed by atoms with Crippen molar-refractivity contribution < 1.29 is 14.7 Å². The summed E-state index contributed by atoms with van der Waals surface area (Å²) in [6.45, 7) is 1.86. The number of hydrogen-bond donors (Lipinski definition) is 2. The molecule has 20 heavy (non-hydrogen) atoms. The number of nitrogens with zero attached hydrogens (tertiary/aromatic N) is 1. The van der Waals surface area contributed by atoms with Crippen LogP contribution in [0, 0.1) is 6.92 Å². The van der Waals surface area contributed by atoms with Crippen LogP contribution in [0.3, 0.4) is 0 Å². The number of anilines is 1. The minimum absolute atomic E-state index is 0.258. The maximum absolute atomic E-state index is 12.0. The molecule has 2 rings (SSSR count). The zero-order valence-corrected chi connectivity index (χ0v) is 11.5. The van der Waals surface area contributed by atoms with E-state index in [1.807, 2.05) is 13.0 Å². The molecule has 2 aromatic heterocycles. The van der Waals surface area contributed by atoms with E-state index >= 15 is 0 Å². The molecule has 1 amide bonds. The Morgan fingerprint density at radius 3 is 2.85 bits per heavy atom. The summed E-state index contributed by atoms with van der Waals surface area (Å²) in [5, 5.41) is 11.3. The van der Waals surface area contributed by atoms with Crippen molar-refractivity contribution in [2.45, 2.75) is 6.92 Å². The topological polar surface area (TPSA) is 79.3 Å². The molecule has 0 aromatic carbocycles. The van der Waals surface area contributed by atoms with E-state index in [-0.39, 0.29) is 5.91 Å². The Hall–Kier alpha value is -2.47. The predicted octanol–water partition coefficient (Wildman–Crippen LogP) is 2.80. The van der Waals surface area contributed by atoms with E-state index in [2.05, 4.69) is 10.3 Å². The van der Waals surface area contributed by atoms with Gasteiger partial charge in [0.25, 0.3) is 5.91 Å². The Labute approximate surface area is 119 Å². The fraction of sp³-hybridized carbons (Fsp3) is 0.0714. The molecule has 0 radical (unpaired) electrons. The van der Waals surface area contributed by atoms with Gasteiger partial charge in [-0.3, -0.25) is 4.79 Å². The van der Waals surface area contributed by atoms with Crippen LogP contribution in [0.1, 0.15) is 20.1 Å². The largest absolute Gasteiger partial charge is 0.478 e. The highest BCUT2D eigenvalue weighted by Gasteiger charge is 2.10. The molecule has 0 unspecified atom stereocenters. The maximum atomic E-state index is 12.0. The molecule has 102 valence electrons. The molecule has 2 aromatic rings. The van der Waals surface area contributed by atoms with Gasteiger partial charge in [-0.25, -0.2) is 9.78 Å². The maximum Gasteiger partial charge on any atom is 0.328 e. The summed E-state index contributed by atoms with van der Waals surface area (Å²) >= 11 is 1.22. The first-order valence-corrected chi connectivity index (χ1v) is 6.62. The number of pyridine rings is 1.